The Kier molecular flexibility index (Phi) is 6.39. The van der Waals surface area contributed by atoms with Crippen LogP contribution in [0, 0.1) is 0 Å². The van der Waals surface area contributed by atoms with Gasteiger partial charge in [-0.3, -0.25) is 0 Å². The fraction of sp³-hybridized carbons (Fsp3) is 0.455. The van der Waals surface area contributed by atoms with E-state index in [1.54, 1.807) is 0 Å². The van der Waals surface area contributed by atoms with Gasteiger partial charge in [0.25, 0.3) is 0 Å². The molecule has 0 amide bonds. The second-order valence-electron chi connectivity index (χ2n) is 3.02. The zero-order chi connectivity index (χ0) is 9.40. The molecule has 0 spiro atoms. The van der Waals surface area contributed by atoms with Gasteiger partial charge in [-0.25, -0.2) is 0 Å². The van der Waals surface area contributed by atoms with E-state index >= 15 is 0 Å². The van der Waals surface area contributed by atoms with Crippen molar-refractivity contribution in [2.24, 2.45) is 0 Å². The molecule has 0 aromatic heterocycles. The Morgan fingerprint density at radius 1 is 1.25 bits per heavy atom. The molecule has 1 heteroatoms. The van der Waals surface area contributed by atoms with Crippen molar-refractivity contribution in [3.63, 3.8) is 0 Å². The van der Waals surface area contributed by atoms with Crippen LogP contribution in [0.2, 0.25) is 0 Å². The molecule has 0 bridgehead atoms. The molecule has 1 nitrogen and oxygen atoms in total. The third-order valence-electron chi connectivity index (χ3n) is 1.39. The third kappa shape index (κ3) is 5.93. The van der Waals surface area contributed by atoms with Crippen molar-refractivity contribution in [1.29, 1.82) is 0 Å². The third-order valence-corrected chi connectivity index (χ3v) is 1.39. The summed E-state index contributed by atoms with van der Waals surface area (Å²) in [6.07, 6.45) is 8.45. The van der Waals surface area contributed by atoms with Crippen molar-refractivity contribution in [3.05, 3.63) is 35.5 Å². The number of nitrogens with one attached hydrogen (secondary N) is 1. The standard InChI is InChI=1S/C11H19N/c1-5-6-11(9-12-4)8-7-10(2)3/h5-8,12H,9H2,1-4H3/b6-5+,11-8+. The van der Waals surface area contributed by atoms with Gasteiger partial charge in [0.05, 0.1) is 0 Å². The first-order valence-electron chi connectivity index (χ1n) is 4.32. The Balaban J connectivity index is 4.27. The SMILES string of the molecule is C/C=C/C(=C\C=C(C)C)CNC. The smallest absolute Gasteiger partial charge is 0.0202 e. The van der Waals surface area contributed by atoms with E-state index in [0.29, 0.717) is 0 Å². The lowest BCUT2D eigenvalue weighted by Gasteiger charge is -1.98. The molecule has 0 atom stereocenters. The minimum atomic E-state index is 0.925. The van der Waals surface area contributed by atoms with Crippen molar-refractivity contribution in [3.8, 4) is 0 Å². The van der Waals surface area contributed by atoms with Gasteiger partial charge in [-0.2, -0.15) is 0 Å². The van der Waals surface area contributed by atoms with Crippen LogP contribution in [0.3, 0.4) is 0 Å². The number of hydrogen-bond acceptors (Lipinski definition) is 1. The summed E-state index contributed by atoms with van der Waals surface area (Å²) in [6, 6.07) is 0. The summed E-state index contributed by atoms with van der Waals surface area (Å²) in [5, 5.41) is 3.13. The van der Waals surface area contributed by atoms with Gasteiger partial charge in [-0.1, -0.05) is 29.9 Å². The normalized spacial score (nSPS) is 12.2. The molecule has 0 rings (SSSR count). The van der Waals surface area contributed by atoms with Crippen molar-refractivity contribution in [1.82, 2.24) is 5.32 Å². The van der Waals surface area contributed by atoms with E-state index in [1.807, 2.05) is 14.0 Å². The van der Waals surface area contributed by atoms with Crippen LogP contribution >= 0.6 is 0 Å². The molecule has 0 heterocycles. The van der Waals surface area contributed by atoms with Crippen LogP contribution in [-0.2, 0) is 0 Å². The van der Waals surface area contributed by atoms with E-state index in [1.165, 1.54) is 11.1 Å². The van der Waals surface area contributed by atoms with E-state index in [0.717, 1.165) is 6.54 Å². The van der Waals surface area contributed by atoms with Crippen LogP contribution in [0.4, 0.5) is 0 Å². The zero-order valence-electron chi connectivity index (χ0n) is 8.52. The molecule has 0 unspecified atom stereocenters. The summed E-state index contributed by atoms with van der Waals surface area (Å²) in [4.78, 5) is 0. The molecular weight excluding hydrogens is 146 g/mol. The largest absolute Gasteiger partial charge is 0.316 e. The summed E-state index contributed by atoms with van der Waals surface area (Å²) in [5.41, 5.74) is 2.63. The van der Waals surface area contributed by atoms with E-state index < -0.39 is 0 Å². The quantitative estimate of drug-likeness (QED) is 0.631. The molecular formula is C11H19N. The molecule has 0 aliphatic rings. The van der Waals surface area contributed by atoms with Gasteiger partial charge in [-0.15, -0.1) is 0 Å². The Morgan fingerprint density at radius 3 is 2.33 bits per heavy atom. The van der Waals surface area contributed by atoms with Crippen molar-refractivity contribution in [2.75, 3.05) is 13.6 Å². The monoisotopic (exact) mass is 165 g/mol. The lowest BCUT2D eigenvalue weighted by atomic mass is 10.2. The summed E-state index contributed by atoms with van der Waals surface area (Å²) < 4.78 is 0. The molecule has 0 fully saturated rings. The first kappa shape index (κ1) is 11.2. The highest BCUT2D eigenvalue weighted by atomic mass is 14.8. The molecule has 0 aliphatic carbocycles. The van der Waals surface area contributed by atoms with Gasteiger partial charge >= 0.3 is 0 Å². The highest BCUT2D eigenvalue weighted by Gasteiger charge is 1.86. The Morgan fingerprint density at radius 2 is 1.92 bits per heavy atom. The Hall–Kier alpha value is -0.820. The molecule has 12 heavy (non-hydrogen) atoms. The van der Waals surface area contributed by atoms with E-state index in [4.69, 9.17) is 0 Å². The van der Waals surface area contributed by atoms with Crippen LogP contribution in [0.5, 0.6) is 0 Å². The molecule has 0 saturated heterocycles. The first-order valence-corrected chi connectivity index (χ1v) is 4.32. The van der Waals surface area contributed by atoms with Gasteiger partial charge in [0.1, 0.15) is 0 Å². The predicted octanol–water partition coefficient (Wildman–Crippen LogP) is 2.67. The summed E-state index contributed by atoms with van der Waals surface area (Å²) in [7, 11) is 1.96. The summed E-state index contributed by atoms with van der Waals surface area (Å²) in [6.45, 7) is 7.16. The number of allylic oxidation sites excluding steroid dienone is 4. The molecule has 0 radical (unpaired) electrons. The maximum absolute atomic E-state index is 3.13. The number of rotatable bonds is 4. The number of hydrogen-bond donors (Lipinski definition) is 1. The van der Waals surface area contributed by atoms with Gasteiger partial charge in [0.2, 0.25) is 0 Å². The van der Waals surface area contributed by atoms with Crippen LogP contribution in [-0.4, -0.2) is 13.6 Å². The topological polar surface area (TPSA) is 12.0 Å². The van der Waals surface area contributed by atoms with Gasteiger partial charge in [0.15, 0.2) is 0 Å². The van der Waals surface area contributed by atoms with E-state index in [9.17, 15) is 0 Å². The molecule has 0 saturated carbocycles. The minimum absolute atomic E-state index is 0.925. The van der Waals surface area contributed by atoms with Gasteiger partial charge in [0, 0.05) is 6.54 Å². The lowest BCUT2D eigenvalue weighted by Crippen LogP contribution is -2.08. The van der Waals surface area contributed by atoms with Gasteiger partial charge in [-0.05, 0) is 33.4 Å². The molecule has 1 N–H and O–H groups in total. The highest BCUT2D eigenvalue weighted by molar-refractivity contribution is 5.25. The van der Waals surface area contributed by atoms with Crippen molar-refractivity contribution >= 4 is 0 Å². The Labute approximate surface area is 75.9 Å². The fourth-order valence-corrected chi connectivity index (χ4v) is 0.865. The predicted molar refractivity (Wildman–Crippen MR) is 56.3 cm³/mol. The van der Waals surface area contributed by atoms with Crippen LogP contribution in [0.1, 0.15) is 20.8 Å². The summed E-state index contributed by atoms with van der Waals surface area (Å²) >= 11 is 0. The summed E-state index contributed by atoms with van der Waals surface area (Å²) in [5.74, 6) is 0. The fourth-order valence-electron chi connectivity index (χ4n) is 0.865. The second kappa shape index (κ2) is 6.86. The van der Waals surface area contributed by atoms with Crippen molar-refractivity contribution in [2.45, 2.75) is 20.8 Å². The van der Waals surface area contributed by atoms with E-state index in [-0.39, 0.29) is 0 Å². The van der Waals surface area contributed by atoms with Crippen LogP contribution < -0.4 is 5.32 Å². The van der Waals surface area contributed by atoms with Gasteiger partial charge < -0.3 is 5.32 Å². The Bertz CT molecular complexity index is 193. The molecule has 0 aromatic rings. The molecule has 68 valence electrons. The minimum Gasteiger partial charge on any atom is -0.316 e. The maximum Gasteiger partial charge on any atom is 0.0202 e. The number of likely N-dealkylation sites (N-methyl/N-ethyl adjacent to an activating group) is 1. The average Bonchev–Trinajstić information content (AvgIpc) is 2.01. The van der Waals surface area contributed by atoms with Crippen molar-refractivity contribution < 1.29 is 0 Å². The van der Waals surface area contributed by atoms with Crippen LogP contribution in [0.25, 0.3) is 0 Å². The second-order valence-corrected chi connectivity index (χ2v) is 3.02. The molecule has 0 aromatic carbocycles. The van der Waals surface area contributed by atoms with Crippen LogP contribution in [0.15, 0.2) is 35.5 Å². The average molecular weight is 165 g/mol. The maximum atomic E-state index is 3.13. The zero-order valence-corrected chi connectivity index (χ0v) is 8.52. The first-order chi connectivity index (χ1) is 5.70. The van der Waals surface area contributed by atoms with E-state index in [2.05, 4.69) is 43.5 Å². The molecule has 0 aliphatic heterocycles. The highest BCUT2D eigenvalue weighted by Crippen LogP contribution is 1.98. The lowest BCUT2D eigenvalue weighted by molar-refractivity contribution is 0.895.